The molecule has 0 aliphatic carbocycles. The maximum atomic E-state index is 13.0. The molecule has 0 aliphatic rings. The monoisotopic (exact) mass is 366 g/mol. The molecule has 138 valence electrons. The van der Waals surface area contributed by atoms with E-state index in [1.54, 1.807) is 42.5 Å². The van der Waals surface area contributed by atoms with E-state index in [1.165, 1.54) is 26.4 Å². The number of nitrogens with one attached hydrogen (secondary N) is 2. The van der Waals surface area contributed by atoms with Gasteiger partial charge in [-0.3, -0.25) is 4.79 Å². The van der Waals surface area contributed by atoms with Crippen molar-refractivity contribution in [3.05, 3.63) is 78.1 Å². The zero-order valence-electron chi connectivity index (χ0n) is 15.0. The van der Waals surface area contributed by atoms with Gasteiger partial charge in [-0.1, -0.05) is 0 Å². The molecule has 0 radical (unpaired) electrons. The van der Waals surface area contributed by atoms with E-state index in [1.807, 2.05) is 12.1 Å². The summed E-state index contributed by atoms with van der Waals surface area (Å²) in [6.45, 7) is 0. The Labute approximate surface area is 156 Å². The molecule has 27 heavy (non-hydrogen) atoms. The first-order chi connectivity index (χ1) is 13.1. The number of benzene rings is 3. The largest absolute Gasteiger partial charge is 0.497 e. The highest BCUT2D eigenvalue weighted by atomic mass is 19.1. The topological polar surface area (TPSA) is 59.6 Å². The molecule has 0 fully saturated rings. The van der Waals surface area contributed by atoms with Gasteiger partial charge in [-0.25, -0.2) is 4.39 Å². The van der Waals surface area contributed by atoms with Crippen molar-refractivity contribution >= 4 is 23.0 Å². The Morgan fingerprint density at radius 1 is 0.778 bits per heavy atom. The summed E-state index contributed by atoms with van der Waals surface area (Å²) in [6.07, 6.45) is 0. The second-order valence-corrected chi connectivity index (χ2v) is 5.76. The number of halogens is 1. The van der Waals surface area contributed by atoms with Gasteiger partial charge in [0.25, 0.3) is 5.91 Å². The van der Waals surface area contributed by atoms with Gasteiger partial charge in [0.05, 0.1) is 14.2 Å². The number of amides is 1. The minimum Gasteiger partial charge on any atom is -0.497 e. The normalized spacial score (nSPS) is 10.2. The summed E-state index contributed by atoms with van der Waals surface area (Å²) in [5.41, 5.74) is 2.67. The number of hydrogen-bond acceptors (Lipinski definition) is 4. The number of anilines is 3. The van der Waals surface area contributed by atoms with Crippen LogP contribution in [0.4, 0.5) is 21.5 Å². The highest BCUT2D eigenvalue weighted by Crippen LogP contribution is 2.24. The van der Waals surface area contributed by atoms with E-state index in [9.17, 15) is 9.18 Å². The first-order valence-corrected chi connectivity index (χ1v) is 8.24. The Kier molecular flexibility index (Phi) is 5.56. The minimum atomic E-state index is -0.284. The Hall–Kier alpha value is -3.54. The summed E-state index contributed by atoms with van der Waals surface area (Å²) in [5.74, 6) is 0.524. The van der Waals surface area contributed by atoms with Gasteiger partial charge < -0.3 is 20.1 Å². The molecule has 6 heteroatoms. The average Bonchev–Trinajstić information content (AvgIpc) is 2.70. The summed E-state index contributed by atoms with van der Waals surface area (Å²) >= 11 is 0. The first kappa shape index (κ1) is 18.3. The molecule has 0 heterocycles. The molecule has 0 spiro atoms. The van der Waals surface area contributed by atoms with Gasteiger partial charge >= 0.3 is 0 Å². The molecule has 1 amide bonds. The minimum absolute atomic E-state index is 0.272. The summed E-state index contributed by atoms with van der Waals surface area (Å²) in [5, 5.41) is 5.99. The van der Waals surface area contributed by atoms with Crippen LogP contribution in [-0.2, 0) is 0 Å². The van der Waals surface area contributed by atoms with Crippen LogP contribution >= 0.6 is 0 Å². The third kappa shape index (κ3) is 4.76. The lowest BCUT2D eigenvalue weighted by Gasteiger charge is -2.10. The van der Waals surface area contributed by atoms with E-state index >= 15 is 0 Å². The van der Waals surface area contributed by atoms with Gasteiger partial charge in [-0.15, -0.1) is 0 Å². The molecule has 3 rings (SSSR count). The van der Waals surface area contributed by atoms with Gasteiger partial charge in [-0.2, -0.15) is 0 Å². The average molecular weight is 366 g/mol. The van der Waals surface area contributed by atoms with Crippen LogP contribution in [0.3, 0.4) is 0 Å². The zero-order valence-corrected chi connectivity index (χ0v) is 15.0. The Morgan fingerprint density at radius 2 is 1.26 bits per heavy atom. The molecule has 3 aromatic carbocycles. The van der Waals surface area contributed by atoms with E-state index < -0.39 is 0 Å². The number of carbonyl (C=O) groups excluding carboxylic acids is 1. The van der Waals surface area contributed by atoms with Crippen molar-refractivity contribution in [2.75, 3.05) is 24.9 Å². The molecule has 0 saturated carbocycles. The van der Waals surface area contributed by atoms with Crippen molar-refractivity contribution in [3.63, 3.8) is 0 Å². The Morgan fingerprint density at radius 3 is 1.78 bits per heavy atom. The molecule has 0 bridgehead atoms. The van der Waals surface area contributed by atoms with Crippen LogP contribution in [0, 0.1) is 5.82 Å². The van der Waals surface area contributed by atoms with E-state index in [0.29, 0.717) is 22.7 Å². The van der Waals surface area contributed by atoms with Gasteiger partial charge in [0, 0.05) is 28.7 Å². The molecule has 0 atom stereocenters. The number of methoxy groups -OCH3 is 2. The van der Waals surface area contributed by atoms with Crippen LogP contribution in [0.1, 0.15) is 10.4 Å². The Balaban J connectivity index is 1.69. The zero-order chi connectivity index (χ0) is 19.2. The maximum Gasteiger partial charge on any atom is 0.255 e. The highest BCUT2D eigenvalue weighted by molar-refractivity contribution is 6.04. The summed E-state index contributed by atoms with van der Waals surface area (Å²) in [4.78, 5) is 12.5. The SMILES string of the molecule is COc1cc(OC)cc(C(=O)Nc2ccc(Nc3ccc(F)cc3)cc2)c1. The van der Waals surface area contributed by atoms with Crippen LogP contribution in [-0.4, -0.2) is 20.1 Å². The first-order valence-electron chi connectivity index (χ1n) is 8.24. The van der Waals surface area contributed by atoms with Gasteiger partial charge in [-0.05, 0) is 60.7 Å². The van der Waals surface area contributed by atoms with E-state index in [2.05, 4.69) is 10.6 Å². The van der Waals surface area contributed by atoms with Crippen molar-refractivity contribution < 1.29 is 18.7 Å². The number of carbonyl (C=O) groups is 1. The highest BCUT2D eigenvalue weighted by Gasteiger charge is 2.10. The Bertz CT molecular complexity index is 903. The molecule has 0 saturated heterocycles. The van der Waals surface area contributed by atoms with Crippen molar-refractivity contribution in [2.24, 2.45) is 0 Å². The summed E-state index contributed by atoms with van der Waals surface area (Å²) in [7, 11) is 3.06. The van der Waals surface area contributed by atoms with Gasteiger partial charge in [0.2, 0.25) is 0 Å². The van der Waals surface area contributed by atoms with Gasteiger partial charge in [0.15, 0.2) is 0 Å². The lowest BCUT2D eigenvalue weighted by Crippen LogP contribution is -2.12. The smallest absolute Gasteiger partial charge is 0.255 e. The van der Waals surface area contributed by atoms with Gasteiger partial charge in [0.1, 0.15) is 17.3 Å². The molecule has 2 N–H and O–H groups in total. The summed E-state index contributed by atoms with van der Waals surface area (Å²) < 4.78 is 23.3. The molecule has 3 aromatic rings. The van der Waals surface area contributed by atoms with Crippen LogP contribution in [0.15, 0.2) is 66.7 Å². The second-order valence-electron chi connectivity index (χ2n) is 5.76. The van der Waals surface area contributed by atoms with Crippen LogP contribution in [0.5, 0.6) is 11.5 Å². The predicted octanol–water partition coefficient (Wildman–Crippen LogP) is 4.84. The predicted molar refractivity (Wildman–Crippen MR) is 104 cm³/mol. The fraction of sp³-hybridized carbons (Fsp3) is 0.0952. The molecular weight excluding hydrogens is 347 g/mol. The molecule has 0 unspecified atom stereocenters. The lowest BCUT2D eigenvalue weighted by molar-refractivity contribution is 0.102. The number of rotatable bonds is 6. The van der Waals surface area contributed by atoms with Crippen molar-refractivity contribution in [2.45, 2.75) is 0 Å². The fourth-order valence-corrected chi connectivity index (χ4v) is 2.48. The van der Waals surface area contributed by atoms with E-state index in [4.69, 9.17) is 9.47 Å². The molecule has 5 nitrogen and oxygen atoms in total. The maximum absolute atomic E-state index is 13.0. The quantitative estimate of drug-likeness (QED) is 0.655. The van der Waals surface area contributed by atoms with E-state index in [0.717, 1.165) is 11.4 Å². The third-order valence-electron chi connectivity index (χ3n) is 3.89. The fourth-order valence-electron chi connectivity index (χ4n) is 2.48. The molecular formula is C21H19FN2O3. The standard InChI is InChI=1S/C21H19FN2O3/c1-26-19-11-14(12-20(13-19)27-2)21(25)24-18-9-7-17(8-10-18)23-16-5-3-15(22)4-6-16/h3-13,23H,1-2H3,(H,24,25). The second kappa shape index (κ2) is 8.23. The van der Waals surface area contributed by atoms with Crippen LogP contribution in [0.25, 0.3) is 0 Å². The number of ether oxygens (including phenoxy) is 2. The van der Waals surface area contributed by atoms with Crippen molar-refractivity contribution in [3.8, 4) is 11.5 Å². The van der Waals surface area contributed by atoms with Crippen molar-refractivity contribution in [1.29, 1.82) is 0 Å². The molecule has 0 aliphatic heterocycles. The van der Waals surface area contributed by atoms with Crippen molar-refractivity contribution in [1.82, 2.24) is 0 Å². The lowest BCUT2D eigenvalue weighted by atomic mass is 10.1. The van der Waals surface area contributed by atoms with Crippen LogP contribution in [0.2, 0.25) is 0 Å². The van der Waals surface area contributed by atoms with Crippen LogP contribution < -0.4 is 20.1 Å². The third-order valence-corrected chi connectivity index (χ3v) is 3.89. The van der Waals surface area contributed by atoms with E-state index in [-0.39, 0.29) is 11.7 Å². The number of hydrogen-bond donors (Lipinski definition) is 2. The molecule has 0 aromatic heterocycles. The summed E-state index contributed by atoms with van der Waals surface area (Å²) in [6, 6.07) is 18.3.